The number of carbonyl (C=O) groups is 1. The molecule has 1 saturated heterocycles. The van der Waals surface area contributed by atoms with Gasteiger partial charge in [0, 0.05) is 0 Å². The fraction of sp³-hybridized carbons (Fsp3) is 0.462. The van der Waals surface area contributed by atoms with Gasteiger partial charge in [-0.05, 0) is 43.0 Å². The highest BCUT2D eigenvalue weighted by atomic mass is 16.5. The molecule has 4 heteroatoms. The van der Waals surface area contributed by atoms with Gasteiger partial charge in [-0.2, -0.15) is 0 Å². The maximum Gasteiger partial charge on any atom is 0.234 e. The summed E-state index contributed by atoms with van der Waals surface area (Å²) in [6, 6.07) is 7.84. The fourth-order valence-corrected chi connectivity index (χ4v) is 2.31. The van der Waals surface area contributed by atoms with Crippen molar-refractivity contribution in [2.24, 2.45) is 5.73 Å². The van der Waals surface area contributed by atoms with E-state index in [0.717, 1.165) is 25.1 Å². The van der Waals surface area contributed by atoms with Gasteiger partial charge in [0.15, 0.2) is 0 Å². The van der Waals surface area contributed by atoms with Crippen molar-refractivity contribution in [3.8, 4) is 5.75 Å². The standard InChI is InChI=1S/C13H18N2O2/c1-17-11-4-2-9(3-5-11)10-6-7-15-12(8-10)13(14)16/h2-5,10,12,15H,6-8H2,1H3,(H2,14,16). The van der Waals surface area contributed by atoms with Crippen molar-refractivity contribution in [2.45, 2.75) is 24.8 Å². The summed E-state index contributed by atoms with van der Waals surface area (Å²) in [6.45, 7) is 0.838. The van der Waals surface area contributed by atoms with E-state index in [1.165, 1.54) is 5.56 Å². The molecule has 3 N–H and O–H groups in total. The number of ether oxygens (including phenoxy) is 1. The van der Waals surface area contributed by atoms with E-state index < -0.39 is 0 Å². The van der Waals surface area contributed by atoms with Gasteiger partial charge in [-0.1, -0.05) is 12.1 Å². The van der Waals surface area contributed by atoms with E-state index in [2.05, 4.69) is 17.4 Å². The number of nitrogens with one attached hydrogen (secondary N) is 1. The molecule has 0 aromatic heterocycles. The van der Waals surface area contributed by atoms with Gasteiger partial charge in [-0.3, -0.25) is 4.79 Å². The molecule has 2 atom stereocenters. The van der Waals surface area contributed by atoms with Crippen LogP contribution in [0.1, 0.15) is 24.3 Å². The molecule has 0 aliphatic carbocycles. The molecule has 0 spiro atoms. The van der Waals surface area contributed by atoms with Crippen LogP contribution in [0.2, 0.25) is 0 Å². The van der Waals surface area contributed by atoms with Crippen LogP contribution < -0.4 is 15.8 Å². The molecular weight excluding hydrogens is 216 g/mol. The Hall–Kier alpha value is -1.55. The summed E-state index contributed by atoms with van der Waals surface area (Å²) >= 11 is 0. The lowest BCUT2D eigenvalue weighted by molar-refractivity contribution is -0.120. The van der Waals surface area contributed by atoms with Crippen molar-refractivity contribution in [1.82, 2.24) is 5.32 Å². The Labute approximate surface area is 101 Å². The fourth-order valence-electron chi connectivity index (χ4n) is 2.31. The average Bonchev–Trinajstić information content (AvgIpc) is 2.39. The van der Waals surface area contributed by atoms with Crippen LogP contribution in [-0.4, -0.2) is 25.6 Å². The second-order valence-corrected chi connectivity index (χ2v) is 4.40. The third-order valence-electron chi connectivity index (χ3n) is 3.33. The summed E-state index contributed by atoms with van der Waals surface area (Å²) in [6.07, 6.45) is 1.82. The number of primary amides is 1. The number of amides is 1. The first-order valence-corrected chi connectivity index (χ1v) is 5.87. The van der Waals surface area contributed by atoms with Crippen LogP contribution in [0.5, 0.6) is 5.75 Å². The summed E-state index contributed by atoms with van der Waals surface area (Å²) < 4.78 is 5.13. The Bertz CT molecular complexity index is 389. The van der Waals surface area contributed by atoms with Crippen LogP contribution in [0.15, 0.2) is 24.3 Å². The molecule has 1 aliphatic heterocycles. The first-order valence-electron chi connectivity index (χ1n) is 5.87. The highest BCUT2D eigenvalue weighted by Crippen LogP contribution is 2.28. The second-order valence-electron chi connectivity index (χ2n) is 4.40. The number of hydrogen-bond acceptors (Lipinski definition) is 3. The summed E-state index contributed by atoms with van der Waals surface area (Å²) in [5.41, 5.74) is 6.58. The maximum absolute atomic E-state index is 11.2. The van der Waals surface area contributed by atoms with E-state index in [-0.39, 0.29) is 11.9 Å². The predicted molar refractivity (Wildman–Crippen MR) is 66.0 cm³/mol. The predicted octanol–water partition coefficient (Wildman–Crippen LogP) is 1.02. The van der Waals surface area contributed by atoms with Gasteiger partial charge in [0.05, 0.1) is 13.2 Å². The van der Waals surface area contributed by atoms with Crippen molar-refractivity contribution in [3.05, 3.63) is 29.8 Å². The van der Waals surface area contributed by atoms with E-state index in [0.29, 0.717) is 5.92 Å². The van der Waals surface area contributed by atoms with Crippen LogP contribution in [0.3, 0.4) is 0 Å². The average molecular weight is 234 g/mol. The van der Waals surface area contributed by atoms with Crippen molar-refractivity contribution < 1.29 is 9.53 Å². The van der Waals surface area contributed by atoms with E-state index in [9.17, 15) is 4.79 Å². The zero-order chi connectivity index (χ0) is 12.3. The van der Waals surface area contributed by atoms with Gasteiger partial charge in [0.25, 0.3) is 0 Å². The Balaban J connectivity index is 2.08. The number of benzene rings is 1. The van der Waals surface area contributed by atoms with E-state index in [1.54, 1.807) is 7.11 Å². The van der Waals surface area contributed by atoms with Crippen molar-refractivity contribution in [1.29, 1.82) is 0 Å². The highest BCUT2D eigenvalue weighted by molar-refractivity contribution is 5.80. The molecule has 1 amide bonds. The minimum absolute atomic E-state index is 0.198. The molecule has 1 heterocycles. The summed E-state index contributed by atoms with van der Waals surface area (Å²) in [4.78, 5) is 11.2. The van der Waals surface area contributed by atoms with Crippen LogP contribution in [-0.2, 0) is 4.79 Å². The Morgan fingerprint density at radius 3 is 2.71 bits per heavy atom. The Morgan fingerprint density at radius 1 is 1.41 bits per heavy atom. The zero-order valence-corrected chi connectivity index (χ0v) is 9.98. The van der Waals surface area contributed by atoms with Crippen LogP contribution >= 0.6 is 0 Å². The number of hydrogen-bond donors (Lipinski definition) is 2. The number of piperidine rings is 1. The minimum atomic E-state index is -0.261. The van der Waals surface area contributed by atoms with Gasteiger partial charge in [0.1, 0.15) is 5.75 Å². The molecule has 2 rings (SSSR count). The SMILES string of the molecule is COc1ccc(C2CCNC(C(N)=O)C2)cc1. The highest BCUT2D eigenvalue weighted by Gasteiger charge is 2.25. The minimum Gasteiger partial charge on any atom is -0.497 e. The lowest BCUT2D eigenvalue weighted by atomic mass is 9.86. The molecule has 1 fully saturated rings. The lowest BCUT2D eigenvalue weighted by Gasteiger charge is -2.28. The van der Waals surface area contributed by atoms with Gasteiger partial charge in [-0.25, -0.2) is 0 Å². The molecule has 0 saturated carbocycles. The molecule has 1 aliphatic rings. The smallest absolute Gasteiger partial charge is 0.234 e. The topological polar surface area (TPSA) is 64.3 Å². The Morgan fingerprint density at radius 2 is 2.12 bits per heavy atom. The normalized spacial score (nSPS) is 24.3. The largest absolute Gasteiger partial charge is 0.497 e. The number of methoxy groups -OCH3 is 1. The molecular formula is C13H18N2O2. The van der Waals surface area contributed by atoms with E-state index in [4.69, 9.17) is 10.5 Å². The number of carbonyl (C=O) groups excluding carboxylic acids is 1. The quantitative estimate of drug-likeness (QED) is 0.820. The summed E-state index contributed by atoms with van der Waals surface area (Å²) in [5, 5.41) is 3.14. The third-order valence-corrected chi connectivity index (χ3v) is 3.33. The van der Waals surface area contributed by atoms with Gasteiger partial charge >= 0.3 is 0 Å². The Kier molecular flexibility index (Phi) is 3.64. The first kappa shape index (κ1) is 11.9. The molecule has 1 aromatic carbocycles. The molecule has 4 nitrogen and oxygen atoms in total. The lowest BCUT2D eigenvalue weighted by Crippen LogP contribution is -2.46. The van der Waals surface area contributed by atoms with Crippen LogP contribution in [0.25, 0.3) is 0 Å². The second kappa shape index (κ2) is 5.19. The maximum atomic E-state index is 11.2. The van der Waals surface area contributed by atoms with E-state index in [1.807, 2.05) is 12.1 Å². The van der Waals surface area contributed by atoms with Crippen LogP contribution in [0.4, 0.5) is 0 Å². The van der Waals surface area contributed by atoms with Crippen molar-refractivity contribution in [3.63, 3.8) is 0 Å². The molecule has 2 unspecified atom stereocenters. The molecule has 17 heavy (non-hydrogen) atoms. The van der Waals surface area contributed by atoms with Gasteiger partial charge in [-0.15, -0.1) is 0 Å². The molecule has 0 bridgehead atoms. The monoisotopic (exact) mass is 234 g/mol. The first-order chi connectivity index (χ1) is 8.20. The third kappa shape index (κ3) is 2.77. The van der Waals surface area contributed by atoms with Crippen molar-refractivity contribution in [2.75, 3.05) is 13.7 Å². The number of nitrogens with two attached hydrogens (primary N) is 1. The number of rotatable bonds is 3. The van der Waals surface area contributed by atoms with Gasteiger partial charge < -0.3 is 15.8 Å². The van der Waals surface area contributed by atoms with Crippen molar-refractivity contribution >= 4 is 5.91 Å². The summed E-state index contributed by atoms with van der Waals surface area (Å²) in [7, 11) is 1.66. The molecule has 1 aromatic rings. The zero-order valence-electron chi connectivity index (χ0n) is 9.98. The van der Waals surface area contributed by atoms with Crippen LogP contribution in [0, 0.1) is 0 Å². The summed E-state index contributed by atoms with van der Waals surface area (Å²) in [5.74, 6) is 0.997. The van der Waals surface area contributed by atoms with E-state index >= 15 is 0 Å². The van der Waals surface area contributed by atoms with Gasteiger partial charge in [0.2, 0.25) is 5.91 Å². The molecule has 92 valence electrons. The molecule has 0 radical (unpaired) electrons.